The minimum Gasteiger partial charge on any atom is -0.243 e. The van der Waals surface area contributed by atoms with E-state index in [1.807, 2.05) is 0 Å². The van der Waals surface area contributed by atoms with Crippen molar-refractivity contribution in [1.29, 1.82) is 0 Å². The third-order valence-corrected chi connectivity index (χ3v) is 2.55. The Labute approximate surface area is 91.9 Å². The van der Waals surface area contributed by atoms with Gasteiger partial charge in [-0.2, -0.15) is 0 Å². The van der Waals surface area contributed by atoms with Crippen molar-refractivity contribution in [3.63, 3.8) is 0 Å². The van der Waals surface area contributed by atoms with Crippen LogP contribution in [0.4, 0.5) is 0 Å². The van der Waals surface area contributed by atoms with E-state index in [0.29, 0.717) is 5.92 Å². The highest BCUT2D eigenvalue weighted by Gasteiger charge is 2.32. The smallest absolute Gasteiger partial charge is 0.152 e. The summed E-state index contributed by atoms with van der Waals surface area (Å²) < 4.78 is 0. The number of H-pyrrole nitrogens is 1. The van der Waals surface area contributed by atoms with Crippen LogP contribution in [0.2, 0.25) is 0 Å². The first-order valence-corrected chi connectivity index (χ1v) is 5.44. The molecule has 86 valence electrons. The van der Waals surface area contributed by atoms with Crippen molar-refractivity contribution >= 4 is 0 Å². The van der Waals surface area contributed by atoms with Crippen molar-refractivity contribution < 1.29 is 0 Å². The van der Waals surface area contributed by atoms with Crippen LogP contribution in [0.1, 0.15) is 59.7 Å². The number of aromatic nitrogens is 4. The number of nitrogens with zero attached hydrogens (tertiary/aromatic N) is 3. The first kappa shape index (κ1) is 12.1. The summed E-state index contributed by atoms with van der Waals surface area (Å²) in [5.74, 6) is 1.27. The molecule has 0 aliphatic carbocycles. The van der Waals surface area contributed by atoms with Gasteiger partial charge in [0, 0.05) is 5.92 Å². The van der Waals surface area contributed by atoms with Gasteiger partial charge in [-0.25, -0.2) is 5.10 Å². The van der Waals surface area contributed by atoms with Crippen molar-refractivity contribution in [3.8, 4) is 0 Å². The maximum Gasteiger partial charge on any atom is 0.152 e. The molecule has 0 aliphatic heterocycles. The van der Waals surface area contributed by atoms with Crippen LogP contribution in [0.15, 0.2) is 0 Å². The fourth-order valence-electron chi connectivity index (χ4n) is 1.74. The van der Waals surface area contributed by atoms with Crippen molar-refractivity contribution in [1.82, 2.24) is 20.6 Å². The van der Waals surface area contributed by atoms with Crippen LogP contribution < -0.4 is 0 Å². The molecule has 0 bridgehead atoms. The Bertz CT molecular complexity index is 289. The van der Waals surface area contributed by atoms with Gasteiger partial charge in [0.05, 0.1) is 0 Å². The van der Waals surface area contributed by atoms with Crippen molar-refractivity contribution in [2.24, 2.45) is 10.8 Å². The number of rotatable bonds is 2. The van der Waals surface area contributed by atoms with Gasteiger partial charge in [-0.05, 0) is 27.7 Å². The van der Waals surface area contributed by atoms with Crippen LogP contribution in [0.5, 0.6) is 0 Å². The zero-order valence-electron chi connectivity index (χ0n) is 10.6. The Hall–Kier alpha value is -0.930. The highest BCUT2D eigenvalue weighted by molar-refractivity contribution is 4.99. The van der Waals surface area contributed by atoms with Gasteiger partial charge in [0.15, 0.2) is 5.82 Å². The first-order chi connectivity index (χ1) is 6.70. The maximum absolute atomic E-state index is 4.05. The van der Waals surface area contributed by atoms with Crippen LogP contribution in [0.3, 0.4) is 0 Å². The highest BCUT2D eigenvalue weighted by Crippen LogP contribution is 2.41. The molecule has 1 atom stereocenters. The summed E-state index contributed by atoms with van der Waals surface area (Å²) >= 11 is 0. The normalized spacial score (nSPS) is 15.3. The number of hydrogen-bond acceptors (Lipinski definition) is 3. The third-order valence-electron chi connectivity index (χ3n) is 2.55. The molecule has 4 heteroatoms. The van der Waals surface area contributed by atoms with Crippen LogP contribution in [0, 0.1) is 10.8 Å². The monoisotopic (exact) mass is 210 g/mol. The number of nitrogens with one attached hydrogen (secondary N) is 1. The fourth-order valence-corrected chi connectivity index (χ4v) is 1.74. The summed E-state index contributed by atoms with van der Waals surface area (Å²) in [5, 5.41) is 14.3. The van der Waals surface area contributed by atoms with Gasteiger partial charge in [0.1, 0.15) is 0 Å². The maximum atomic E-state index is 4.05. The first-order valence-electron chi connectivity index (χ1n) is 5.44. The zero-order valence-corrected chi connectivity index (χ0v) is 10.6. The van der Waals surface area contributed by atoms with Crippen molar-refractivity contribution in [2.45, 2.75) is 53.9 Å². The molecular weight excluding hydrogens is 188 g/mol. The average Bonchev–Trinajstić information content (AvgIpc) is 2.47. The van der Waals surface area contributed by atoms with Crippen molar-refractivity contribution in [3.05, 3.63) is 5.82 Å². The van der Waals surface area contributed by atoms with Gasteiger partial charge in [0.25, 0.3) is 0 Å². The molecule has 1 unspecified atom stereocenters. The lowest BCUT2D eigenvalue weighted by molar-refractivity contribution is 0.221. The SMILES string of the molecule is CC(C)(C)CC(c1nnn[nH]1)C(C)(C)C. The minimum absolute atomic E-state index is 0.175. The van der Waals surface area contributed by atoms with E-state index in [4.69, 9.17) is 0 Å². The zero-order chi connectivity index (χ0) is 11.7. The molecule has 0 amide bonds. The molecule has 1 heterocycles. The summed E-state index contributed by atoms with van der Waals surface area (Å²) in [4.78, 5) is 0. The Morgan fingerprint density at radius 2 is 1.73 bits per heavy atom. The average molecular weight is 210 g/mol. The predicted octanol–water partition coefficient (Wildman–Crippen LogP) is 2.77. The largest absolute Gasteiger partial charge is 0.243 e. The van der Waals surface area contributed by atoms with E-state index >= 15 is 0 Å². The van der Waals surface area contributed by atoms with Crippen LogP contribution in [0.25, 0.3) is 0 Å². The molecule has 0 saturated heterocycles. The molecule has 4 nitrogen and oxygen atoms in total. The van der Waals surface area contributed by atoms with Gasteiger partial charge < -0.3 is 0 Å². The van der Waals surface area contributed by atoms with Gasteiger partial charge in [-0.15, -0.1) is 5.10 Å². The second kappa shape index (κ2) is 3.91. The van der Waals surface area contributed by atoms with Gasteiger partial charge >= 0.3 is 0 Å². The number of tetrazole rings is 1. The molecule has 1 aromatic heterocycles. The van der Waals surface area contributed by atoms with E-state index in [1.54, 1.807) is 0 Å². The molecule has 0 spiro atoms. The molecule has 0 saturated carbocycles. The second-order valence-electron chi connectivity index (χ2n) is 6.47. The second-order valence-corrected chi connectivity index (χ2v) is 6.47. The van der Waals surface area contributed by atoms with E-state index in [0.717, 1.165) is 12.2 Å². The Morgan fingerprint density at radius 1 is 1.13 bits per heavy atom. The molecule has 0 fully saturated rings. The predicted molar refractivity (Wildman–Crippen MR) is 60.4 cm³/mol. The highest BCUT2D eigenvalue weighted by atomic mass is 15.5. The van der Waals surface area contributed by atoms with Crippen LogP contribution in [-0.4, -0.2) is 20.6 Å². The lowest BCUT2D eigenvalue weighted by Crippen LogP contribution is -2.24. The standard InChI is InChI=1S/C11H22N4/c1-10(2,3)7-8(11(4,5)6)9-12-14-15-13-9/h8H,7H2,1-6H3,(H,12,13,14,15). The number of aromatic amines is 1. The summed E-state index contributed by atoms with van der Waals surface area (Å²) in [6, 6.07) is 0. The molecule has 15 heavy (non-hydrogen) atoms. The molecule has 1 rings (SSSR count). The molecule has 1 aromatic rings. The Morgan fingerprint density at radius 3 is 2.07 bits per heavy atom. The van der Waals surface area contributed by atoms with E-state index in [1.165, 1.54) is 0 Å². The van der Waals surface area contributed by atoms with E-state index in [2.05, 4.69) is 62.2 Å². The molecular formula is C11H22N4. The van der Waals surface area contributed by atoms with Crippen LogP contribution in [-0.2, 0) is 0 Å². The van der Waals surface area contributed by atoms with E-state index in [-0.39, 0.29) is 10.8 Å². The topological polar surface area (TPSA) is 54.5 Å². The summed E-state index contributed by atoms with van der Waals surface area (Å²) in [6.45, 7) is 13.4. The molecule has 0 radical (unpaired) electrons. The van der Waals surface area contributed by atoms with Crippen LogP contribution >= 0.6 is 0 Å². The Kier molecular flexibility index (Phi) is 3.16. The molecule has 0 aliphatic rings. The molecule has 0 aromatic carbocycles. The van der Waals surface area contributed by atoms with Crippen molar-refractivity contribution in [2.75, 3.05) is 0 Å². The molecule has 1 N–H and O–H groups in total. The van der Waals surface area contributed by atoms with E-state index < -0.39 is 0 Å². The van der Waals surface area contributed by atoms with Gasteiger partial charge in [-0.3, -0.25) is 0 Å². The summed E-state index contributed by atoms with van der Waals surface area (Å²) in [6.07, 6.45) is 1.08. The number of hydrogen-bond donors (Lipinski definition) is 1. The fraction of sp³-hybridized carbons (Fsp3) is 0.909. The minimum atomic E-state index is 0.175. The van der Waals surface area contributed by atoms with E-state index in [9.17, 15) is 0 Å². The summed E-state index contributed by atoms with van der Waals surface area (Å²) in [7, 11) is 0. The lowest BCUT2D eigenvalue weighted by atomic mass is 9.72. The summed E-state index contributed by atoms with van der Waals surface area (Å²) in [5.41, 5.74) is 0.458. The Balaban J connectivity index is 2.90. The van der Waals surface area contributed by atoms with Gasteiger partial charge in [0.2, 0.25) is 0 Å². The lowest BCUT2D eigenvalue weighted by Gasteiger charge is -2.33. The third kappa shape index (κ3) is 3.61. The van der Waals surface area contributed by atoms with Gasteiger partial charge in [-0.1, -0.05) is 41.5 Å². The quantitative estimate of drug-likeness (QED) is 0.816.